The van der Waals surface area contributed by atoms with Crippen molar-refractivity contribution in [3.8, 4) is 0 Å². The third-order valence-electron chi connectivity index (χ3n) is 5.55. The maximum absolute atomic E-state index is 13.1. The first-order valence-electron chi connectivity index (χ1n) is 10.4. The second-order valence-corrected chi connectivity index (χ2v) is 8.39. The topological polar surface area (TPSA) is 58.1 Å². The van der Waals surface area contributed by atoms with Crippen molar-refractivity contribution in [3.05, 3.63) is 53.9 Å². The van der Waals surface area contributed by atoms with Crippen molar-refractivity contribution in [2.75, 3.05) is 18.0 Å². The number of rotatable bonds is 6. The number of aromatic nitrogens is 2. The van der Waals surface area contributed by atoms with Crippen LogP contribution in [0.25, 0.3) is 0 Å². The van der Waals surface area contributed by atoms with Gasteiger partial charge in [0.25, 0.3) is 0 Å². The molecule has 0 radical (unpaired) electrons. The van der Waals surface area contributed by atoms with Gasteiger partial charge in [-0.25, -0.2) is 9.97 Å². The normalized spacial score (nSPS) is 18.4. The summed E-state index contributed by atoms with van der Waals surface area (Å²) in [5.74, 6) is 1.64. The molecule has 3 rings (SSSR count). The minimum atomic E-state index is -0.0336. The van der Waals surface area contributed by atoms with Gasteiger partial charge in [-0.3, -0.25) is 4.79 Å². The van der Waals surface area contributed by atoms with E-state index >= 15 is 0 Å². The molecule has 28 heavy (non-hydrogen) atoms. The molecule has 1 aliphatic rings. The molecule has 0 saturated carbocycles. The van der Waals surface area contributed by atoms with Gasteiger partial charge in [-0.05, 0) is 41.9 Å². The smallest absolute Gasteiger partial charge is 0.225 e. The van der Waals surface area contributed by atoms with Gasteiger partial charge < -0.3 is 10.2 Å². The van der Waals surface area contributed by atoms with Gasteiger partial charge in [-0.1, -0.05) is 52.0 Å². The summed E-state index contributed by atoms with van der Waals surface area (Å²) in [7, 11) is 0. The molecule has 2 heterocycles. The fraction of sp³-hybridized carbons (Fsp3) is 0.522. The third-order valence-corrected chi connectivity index (χ3v) is 5.55. The number of nitrogens with one attached hydrogen (secondary N) is 1. The van der Waals surface area contributed by atoms with Gasteiger partial charge in [0, 0.05) is 25.5 Å². The van der Waals surface area contributed by atoms with Crippen LogP contribution in [0.5, 0.6) is 0 Å². The van der Waals surface area contributed by atoms with Crippen LogP contribution in [0.2, 0.25) is 0 Å². The SMILES string of the molecule is CC(C)c1ccc([C@@H](NC(=O)[C@H]2CCCN(c3ncccn3)C2)C(C)C)cc1. The molecular weight excluding hydrogens is 348 g/mol. The van der Waals surface area contributed by atoms with Gasteiger partial charge in [0.2, 0.25) is 11.9 Å². The largest absolute Gasteiger partial charge is 0.349 e. The molecule has 1 N–H and O–H groups in total. The molecule has 1 aliphatic heterocycles. The summed E-state index contributed by atoms with van der Waals surface area (Å²) in [4.78, 5) is 23.9. The second-order valence-electron chi connectivity index (χ2n) is 8.39. The lowest BCUT2D eigenvalue weighted by atomic mass is 9.91. The van der Waals surface area contributed by atoms with Crippen LogP contribution in [0.1, 0.15) is 63.6 Å². The molecule has 150 valence electrons. The van der Waals surface area contributed by atoms with E-state index in [0.29, 0.717) is 24.3 Å². The van der Waals surface area contributed by atoms with Crippen LogP contribution in [0, 0.1) is 11.8 Å². The van der Waals surface area contributed by atoms with Crippen molar-refractivity contribution in [1.29, 1.82) is 0 Å². The standard InChI is InChI=1S/C23H32N4O/c1-16(2)18-8-10-19(11-9-18)21(17(3)4)26-22(28)20-7-5-14-27(15-20)23-24-12-6-13-25-23/h6,8-13,16-17,20-21H,5,7,14-15H2,1-4H3,(H,26,28)/t20-,21-/m0/s1. The molecule has 1 fully saturated rings. The first-order chi connectivity index (χ1) is 13.5. The Labute approximate surface area is 168 Å². The molecule has 2 aromatic rings. The van der Waals surface area contributed by atoms with Crippen molar-refractivity contribution < 1.29 is 4.79 Å². The van der Waals surface area contributed by atoms with Gasteiger partial charge >= 0.3 is 0 Å². The van der Waals surface area contributed by atoms with E-state index in [1.54, 1.807) is 12.4 Å². The average molecular weight is 381 g/mol. The van der Waals surface area contributed by atoms with Crippen molar-refractivity contribution in [2.45, 2.75) is 52.5 Å². The van der Waals surface area contributed by atoms with E-state index in [0.717, 1.165) is 19.4 Å². The molecule has 2 atom stereocenters. The highest BCUT2D eigenvalue weighted by Crippen LogP contribution is 2.26. The lowest BCUT2D eigenvalue weighted by Crippen LogP contribution is -2.45. The summed E-state index contributed by atoms with van der Waals surface area (Å²) in [6.07, 6.45) is 5.39. The van der Waals surface area contributed by atoms with E-state index in [2.05, 4.69) is 72.1 Å². The van der Waals surface area contributed by atoms with Crippen LogP contribution in [-0.2, 0) is 4.79 Å². The number of hydrogen-bond acceptors (Lipinski definition) is 4. The van der Waals surface area contributed by atoms with Gasteiger partial charge in [-0.2, -0.15) is 0 Å². The molecule has 0 bridgehead atoms. The number of hydrogen-bond donors (Lipinski definition) is 1. The zero-order valence-corrected chi connectivity index (χ0v) is 17.4. The van der Waals surface area contributed by atoms with Crippen molar-refractivity contribution in [1.82, 2.24) is 15.3 Å². The Hall–Kier alpha value is -2.43. The van der Waals surface area contributed by atoms with Crippen molar-refractivity contribution >= 4 is 11.9 Å². The monoisotopic (exact) mass is 380 g/mol. The summed E-state index contributed by atoms with van der Waals surface area (Å²) in [5.41, 5.74) is 2.50. The fourth-order valence-corrected chi connectivity index (χ4v) is 3.82. The summed E-state index contributed by atoms with van der Waals surface area (Å²) in [6, 6.07) is 10.5. The van der Waals surface area contributed by atoms with E-state index in [4.69, 9.17) is 0 Å². The Morgan fingerprint density at radius 3 is 2.32 bits per heavy atom. The summed E-state index contributed by atoms with van der Waals surface area (Å²) < 4.78 is 0. The molecule has 0 unspecified atom stereocenters. The predicted octanol–water partition coefficient (Wildman–Crippen LogP) is 4.33. The first-order valence-corrected chi connectivity index (χ1v) is 10.4. The molecule has 0 aliphatic carbocycles. The quantitative estimate of drug-likeness (QED) is 0.810. The van der Waals surface area contributed by atoms with Crippen molar-refractivity contribution in [2.24, 2.45) is 11.8 Å². The Balaban J connectivity index is 1.68. The van der Waals surface area contributed by atoms with Crippen LogP contribution in [0.4, 0.5) is 5.95 Å². The maximum atomic E-state index is 13.1. The predicted molar refractivity (Wildman–Crippen MR) is 113 cm³/mol. The lowest BCUT2D eigenvalue weighted by Gasteiger charge is -2.33. The molecule has 5 heteroatoms. The highest BCUT2D eigenvalue weighted by atomic mass is 16.2. The second kappa shape index (κ2) is 9.18. The minimum Gasteiger partial charge on any atom is -0.349 e. The average Bonchev–Trinajstić information content (AvgIpc) is 2.72. The molecule has 1 saturated heterocycles. The van der Waals surface area contributed by atoms with E-state index in [9.17, 15) is 4.79 Å². The van der Waals surface area contributed by atoms with Crippen LogP contribution in [0.15, 0.2) is 42.7 Å². The Morgan fingerprint density at radius 2 is 1.71 bits per heavy atom. The van der Waals surface area contributed by atoms with Crippen molar-refractivity contribution in [3.63, 3.8) is 0 Å². The van der Waals surface area contributed by atoms with E-state index in [1.807, 2.05) is 6.07 Å². The van der Waals surface area contributed by atoms with E-state index in [-0.39, 0.29) is 17.9 Å². The number of anilines is 1. The molecule has 0 spiro atoms. The molecule has 1 amide bonds. The number of nitrogens with zero attached hydrogens (tertiary/aromatic N) is 3. The Kier molecular flexibility index (Phi) is 6.65. The van der Waals surface area contributed by atoms with Gasteiger partial charge in [0.05, 0.1) is 12.0 Å². The third kappa shape index (κ3) is 4.89. The number of amides is 1. The number of piperidine rings is 1. The number of benzene rings is 1. The lowest BCUT2D eigenvalue weighted by molar-refractivity contribution is -0.126. The Morgan fingerprint density at radius 1 is 1.07 bits per heavy atom. The molecule has 1 aromatic heterocycles. The highest BCUT2D eigenvalue weighted by Gasteiger charge is 2.29. The van der Waals surface area contributed by atoms with E-state index in [1.165, 1.54) is 11.1 Å². The van der Waals surface area contributed by atoms with Crippen LogP contribution in [0.3, 0.4) is 0 Å². The van der Waals surface area contributed by atoms with Crippen LogP contribution in [-0.4, -0.2) is 29.0 Å². The summed E-state index contributed by atoms with van der Waals surface area (Å²) in [5, 5.41) is 3.32. The van der Waals surface area contributed by atoms with Gasteiger partial charge in [0.1, 0.15) is 0 Å². The summed E-state index contributed by atoms with van der Waals surface area (Å²) >= 11 is 0. The zero-order valence-electron chi connectivity index (χ0n) is 17.4. The number of carbonyl (C=O) groups excluding carboxylic acids is 1. The molecular formula is C23H32N4O. The van der Waals surface area contributed by atoms with Crippen LogP contribution < -0.4 is 10.2 Å². The molecule has 5 nitrogen and oxygen atoms in total. The Bertz CT molecular complexity index is 758. The minimum absolute atomic E-state index is 0.0251. The summed E-state index contributed by atoms with van der Waals surface area (Å²) in [6.45, 7) is 10.3. The number of carbonyl (C=O) groups is 1. The first kappa shape index (κ1) is 20.3. The highest BCUT2D eigenvalue weighted by molar-refractivity contribution is 5.80. The van der Waals surface area contributed by atoms with Crippen LogP contribution >= 0.6 is 0 Å². The van der Waals surface area contributed by atoms with E-state index < -0.39 is 0 Å². The maximum Gasteiger partial charge on any atom is 0.225 e. The molecule has 1 aromatic carbocycles. The van der Waals surface area contributed by atoms with Gasteiger partial charge in [0.15, 0.2) is 0 Å². The van der Waals surface area contributed by atoms with Gasteiger partial charge in [-0.15, -0.1) is 0 Å². The zero-order chi connectivity index (χ0) is 20.1. The fourth-order valence-electron chi connectivity index (χ4n) is 3.82.